The molecular formula is C20H27NO2. The molecular weight excluding hydrogens is 286 g/mol. The van der Waals surface area contributed by atoms with Crippen molar-refractivity contribution in [2.75, 3.05) is 18.9 Å². The molecule has 0 saturated heterocycles. The first-order chi connectivity index (χ1) is 11.0. The van der Waals surface area contributed by atoms with Gasteiger partial charge in [0.2, 0.25) is 0 Å². The highest BCUT2D eigenvalue weighted by Gasteiger charge is 2.17. The summed E-state index contributed by atoms with van der Waals surface area (Å²) in [5.74, 6) is 1.71. The van der Waals surface area contributed by atoms with Crippen LogP contribution >= 0.6 is 0 Å². The van der Waals surface area contributed by atoms with Gasteiger partial charge in [0.1, 0.15) is 11.5 Å². The molecule has 0 aromatic heterocycles. The summed E-state index contributed by atoms with van der Waals surface area (Å²) in [6.45, 7) is 7.99. The molecule has 0 atom stereocenters. The van der Waals surface area contributed by atoms with Crippen molar-refractivity contribution in [1.29, 1.82) is 0 Å². The number of hydrogen-bond acceptors (Lipinski definition) is 3. The third-order valence-corrected chi connectivity index (χ3v) is 4.20. The number of hydrogen-bond donors (Lipinski definition) is 1. The van der Waals surface area contributed by atoms with Crippen LogP contribution in [0.5, 0.6) is 11.5 Å². The van der Waals surface area contributed by atoms with E-state index in [9.17, 15) is 0 Å². The Morgan fingerprint density at radius 2 is 1.57 bits per heavy atom. The predicted octanol–water partition coefficient (Wildman–Crippen LogP) is 4.80. The highest BCUT2D eigenvalue weighted by molar-refractivity contribution is 5.43. The van der Waals surface area contributed by atoms with Gasteiger partial charge in [-0.3, -0.25) is 0 Å². The predicted molar refractivity (Wildman–Crippen MR) is 96.2 cm³/mol. The van der Waals surface area contributed by atoms with Crippen molar-refractivity contribution in [3.05, 3.63) is 54.1 Å². The summed E-state index contributed by atoms with van der Waals surface area (Å²) in [6.07, 6.45) is 1.95. The lowest BCUT2D eigenvalue weighted by Crippen LogP contribution is -2.15. The first-order valence-corrected chi connectivity index (χ1v) is 8.23. The third kappa shape index (κ3) is 5.20. The van der Waals surface area contributed by atoms with Gasteiger partial charge in [0.15, 0.2) is 0 Å². The van der Waals surface area contributed by atoms with E-state index in [-0.39, 0.29) is 5.41 Å². The summed E-state index contributed by atoms with van der Waals surface area (Å²) in [5, 5.41) is 0. The molecule has 0 aliphatic carbocycles. The largest absolute Gasteiger partial charge is 0.493 e. The van der Waals surface area contributed by atoms with Crippen LogP contribution < -0.4 is 15.2 Å². The van der Waals surface area contributed by atoms with E-state index in [0.29, 0.717) is 18.9 Å². The molecule has 0 aliphatic heterocycles. The molecule has 2 N–H and O–H groups in total. The summed E-state index contributed by atoms with van der Waals surface area (Å²) in [5.41, 5.74) is 7.99. The van der Waals surface area contributed by atoms with Crippen LogP contribution in [0.2, 0.25) is 0 Å². The molecule has 0 heterocycles. The Kier molecular flexibility index (Phi) is 5.91. The molecule has 2 aromatic rings. The maximum absolute atomic E-state index is 5.76. The Morgan fingerprint density at radius 1 is 0.913 bits per heavy atom. The summed E-state index contributed by atoms with van der Waals surface area (Å²) in [7, 11) is 0. The highest BCUT2D eigenvalue weighted by Crippen LogP contribution is 2.28. The fourth-order valence-corrected chi connectivity index (χ4v) is 2.25. The Morgan fingerprint density at radius 3 is 2.17 bits per heavy atom. The zero-order chi connectivity index (χ0) is 16.7. The molecule has 0 spiro atoms. The van der Waals surface area contributed by atoms with Gasteiger partial charge in [-0.2, -0.15) is 0 Å². The van der Waals surface area contributed by atoms with Crippen molar-refractivity contribution in [3.63, 3.8) is 0 Å². The van der Waals surface area contributed by atoms with E-state index in [0.717, 1.165) is 24.3 Å². The van der Waals surface area contributed by atoms with Gasteiger partial charge in [0.25, 0.3) is 0 Å². The molecule has 0 radical (unpaired) electrons. The van der Waals surface area contributed by atoms with Crippen LogP contribution in [-0.2, 0) is 5.41 Å². The number of rotatable bonds is 8. The second-order valence-corrected chi connectivity index (χ2v) is 6.38. The summed E-state index contributed by atoms with van der Waals surface area (Å²) in [4.78, 5) is 0. The average Bonchev–Trinajstić information content (AvgIpc) is 2.55. The first kappa shape index (κ1) is 17.2. The third-order valence-electron chi connectivity index (χ3n) is 4.20. The van der Waals surface area contributed by atoms with E-state index in [2.05, 4.69) is 32.9 Å². The highest BCUT2D eigenvalue weighted by atomic mass is 16.5. The zero-order valence-electron chi connectivity index (χ0n) is 14.3. The molecule has 0 amide bonds. The van der Waals surface area contributed by atoms with E-state index in [4.69, 9.17) is 15.2 Å². The van der Waals surface area contributed by atoms with Gasteiger partial charge >= 0.3 is 0 Å². The van der Waals surface area contributed by atoms with Crippen LogP contribution in [-0.4, -0.2) is 13.2 Å². The van der Waals surface area contributed by atoms with E-state index < -0.39 is 0 Å². The molecule has 2 aromatic carbocycles. The molecule has 0 saturated carbocycles. The van der Waals surface area contributed by atoms with Gasteiger partial charge in [-0.15, -0.1) is 0 Å². The molecule has 3 heteroatoms. The Balaban J connectivity index is 1.72. The maximum Gasteiger partial charge on any atom is 0.121 e. The van der Waals surface area contributed by atoms with Crippen molar-refractivity contribution in [3.8, 4) is 11.5 Å². The van der Waals surface area contributed by atoms with Crippen molar-refractivity contribution < 1.29 is 9.47 Å². The quantitative estimate of drug-likeness (QED) is 0.562. The van der Waals surface area contributed by atoms with E-state index >= 15 is 0 Å². The van der Waals surface area contributed by atoms with E-state index in [1.165, 1.54) is 5.56 Å². The van der Waals surface area contributed by atoms with Crippen molar-refractivity contribution in [2.24, 2.45) is 0 Å². The molecule has 3 nitrogen and oxygen atoms in total. The van der Waals surface area contributed by atoms with Gasteiger partial charge in [0, 0.05) is 18.2 Å². The SMILES string of the molecule is CCC(C)(C)c1ccc(OCCCOc2cccc(N)c2)cc1. The molecule has 0 unspecified atom stereocenters. The van der Waals surface area contributed by atoms with Gasteiger partial charge in [-0.05, 0) is 41.7 Å². The first-order valence-electron chi connectivity index (χ1n) is 8.23. The topological polar surface area (TPSA) is 44.5 Å². The Labute approximate surface area is 139 Å². The van der Waals surface area contributed by atoms with Gasteiger partial charge in [-0.1, -0.05) is 39.0 Å². The standard InChI is InChI=1S/C20H27NO2/c1-4-20(2,3)16-9-11-18(12-10-16)22-13-6-14-23-19-8-5-7-17(21)15-19/h5,7-12,15H,4,6,13-14,21H2,1-3H3. The monoisotopic (exact) mass is 313 g/mol. The van der Waals surface area contributed by atoms with Crippen molar-refractivity contribution in [1.82, 2.24) is 0 Å². The van der Waals surface area contributed by atoms with Crippen LogP contribution in [0.1, 0.15) is 39.2 Å². The fraction of sp³-hybridized carbons (Fsp3) is 0.400. The van der Waals surface area contributed by atoms with Crippen LogP contribution in [0.25, 0.3) is 0 Å². The summed E-state index contributed by atoms with van der Waals surface area (Å²) >= 11 is 0. The lowest BCUT2D eigenvalue weighted by molar-refractivity contribution is 0.247. The Bertz CT molecular complexity index is 605. The molecule has 124 valence electrons. The lowest BCUT2D eigenvalue weighted by Gasteiger charge is -2.23. The van der Waals surface area contributed by atoms with Crippen LogP contribution in [0.4, 0.5) is 5.69 Å². The second-order valence-electron chi connectivity index (χ2n) is 6.38. The number of nitrogens with two attached hydrogens (primary N) is 1. The van der Waals surface area contributed by atoms with Crippen molar-refractivity contribution >= 4 is 5.69 Å². The second kappa shape index (κ2) is 7.91. The van der Waals surface area contributed by atoms with Gasteiger partial charge < -0.3 is 15.2 Å². The number of ether oxygens (including phenoxy) is 2. The Hall–Kier alpha value is -2.16. The average molecular weight is 313 g/mol. The summed E-state index contributed by atoms with van der Waals surface area (Å²) < 4.78 is 11.4. The minimum absolute atomic E-state index is 0.212. The molecule has 23 heavy (non-hydrogen) atoms. The molecule has 0 bridgehead atoms. The molecule has 0 aliphatic rings. The maximum atomic E-state index is 5.76. The lowest BCUT2D eigenvalue weighted by atomic mass is 9.82. The van der Waals surface area contributed by atoms with E-state index in [1.54, 1.807) is 0 Å². The van der Waals surface area contributed by atoms with Crippen LogP contribution in [0.15, 0.2) is 48.5 Å². The van der Waals surface area contributed by atoms with E-state index in [1.807, 2.05) is 36.4 Å². The van der Waals surface area contributed by atoms with Gasteiger partial charge in [0.05, 0.1) is 13.2 Å². The number of anilines is 1. The fourth-order valence-electron chi connectivity index (χ4n) is 2.25. The van der Waals surface area contributed by atoms with Crippen molar-refractivity contribution in [2.45, 2.75) is 39.0 Å². The molecule has 0 fully saturated rings. The zero-order valence-corrected chi connectivity index (χ0v) is 14.3. The van der Waals surface area contributed by atoms with Gasteiger partial charge in [-0.25, -0.2) is 0 Å². The molecule has 2 rings (SSSR count). The smallest absolute Gasteiger partial charge is 0.121 e. The number of nitrogen functional groups attached to an aromatic ring is 1. The number of benzene rings is 2. The minimum Gasteiger partial charge on any atom is -0.493 e. The van der Waals surface area contributed by atoms with Crippen LogP contribution in [0.3, 0.4) is 0 Å². The minimum atomic E-state index is 0.212. The van der Waals surface area contributed by atoms with Crippen LogP contribution in [0, 0.1) is 0 Å². The normalized spacial score (nSPS) is 11.3. The summed E-state index contributed by atoms with van der Waals surface area (Å²) in [6, 6.07) is 15.9.